The van der Waals surface area contributed by atoms with Crippen LogP contribution in [0, 0.1) is 11.8 Å². The van der Waals surface area contributed by atoms with Crippen molar-refractivity contribution in [2.45, 2.75) is 39.0 Å². The van der Waals surface area contributed by atoms with Crippen LogP contribution in [0.2, 0.25) is 0 Å². The molecular weight excluding hydrogens is 144 g/mol. The molecule has 1 saturated carbocycles. The molecule has 0 heterocycles. The van der Waals surface area contributed by atoms with E-state index in [2.05, 4.69) is 25.2 Å². The zero-order chi connectivity index (χ0) is 8.39. The zero-order valence-corrected chi connectivity index (χ0v) is 7.84. The first-order valence-electron chi connectivity index (χ1n) is 5.15. The highest BCUT2D eigenvalue weighted by molar-refractivity contribution is 5.42. The first-order valence-corrected chi connectivity index (χ1v) is 5.15. The van der Waals surface area contributed by atoms with Crippen molar-refractivity contribution in [2.75, 3.05) is 0 Å². The van der Waals surface area contributed by atoms with Gasteiger partial charge in [0.25, 0.3) is 0 Å². The molecule has 2 aliphatic rings. The summed E-state index contributed by atoms with van der Waals surface area (Å²) in [6.45, 7) is 2.23. The molecule has 12 heavy (non-hydrogen) atoms. The standard InChI is InChI=1S/C12H17/c1-2-10-7-8-12(9-10)11-5-3-4-6-11/h7-9,11H,2-6H2,1H3. The van der Waals surface area contributed by atoms with Crippen LogP contribution in [0.1, 0.15) is 39.0 Å². The molecule has 0 aliphatic heterocycles. The summed E-state index contributed by atoms with van der Waals surface area (Å²) in [6, 6.07) is 0. The van der Waals surface area contributed by atoms with Crippen LogP contribution in [0.15, 0.2) is 23.8 Å². The lowest BCUT2D eigenvalue weighted by Gasteiger charge is -2.07. The molecule has 0 saturated heterocycles. The second-order valence-electron chi connectivity index (χ2n) is 3.89. The molecule has 0 unspecified atom stereocenters. The molecule has 0 bridgehead atoms. The Balaban J connectivity index is 2.01. The molecule has 0 heteroatoms. The summed E-state index contributed by atoms with van der Waals surface area (Å²) in [5.74, 6) is 2.40. The van der Waals surface area contributed by atoms with Gasteiger partial charge in [0, 0.05) is 5.92 Å². The monoisotopic (exact) mass is 161 g/mol. The Morgan fingerprint density at radius 3 is 2.58 bits per heavy atom. The van der Waals surface area contributed by atoms with E-state index in [1.165, 1.54) is 38.0 Å². The fourth-order valence-corrected chi connectivity index (χ4v) is 2.25. The molecule has 0 atom stereocenters. The van der Waals surface area contributed by atoms with Crippen LogP contribution in [0.4, 0.5) is 0 Å². The van der Waals surface area contributed by atoms with Crippen LogP contribution in [-0.2, 0) is 0 Å². The van der Waals surface area contributed by atoms with Crippen molar-refractivity contribution in [3.05, 3.63) is 29.7 Å². The maximum Gasteiger partial charge on any atom is 0.0193 e. The Morgan fingerprint density at radius 2 is 2.00 bits per heavy atom. The van der Waals surface area contributed by atoms with E-state index in [9.17, 15) is 0 Å². The summed E-state index contributed by atoms with van der Waals surface area (Å²) >= 11 is 0. The summed E-state index contributed by atoms with van der Waals surface area (Å²) in [5, 5.41) is 0. The normalized spacial score (nSPS) is 25.2. The summed E-state index contributed by atoms with van der Waals surface area (Å²) in [6.07, 6.45) is 13.9. The smallest absolute Gasteiger partial charge is 0.0193 e. The molecule has 1 fully saturated rings. The van der Waals surface area contributed by atoms with Crippen LogP contribution < -0.4 is 0 Å². The molecule has 1 radical (unpaired) electrons. The molecule has 0 aromatic heterocycles. The summed E-state index contributed by atoms with van der Waals surface area (Å²) in [4.78, 5) is 0. The first-order chi connectivity index (χ1) is 5.90. The molecular formula is C12H17. The minimum Gasteiger partial charge on any atom is -0.0731 e. The van der Waals surface area contributed by atoms with Gasteiger partial charge in [0.15, 0.2) is 0 Å². The summed E-state index contributed by atoms with van der Waals surface area (Å²) in [5.41, 5.74) is 1.60. The highest BCUT2D eigenvalue weighted by atomic mass is 14.3. The van der Waals surface area contributed by atoms with Crippen LogP contribution in [0.3, 0.4) is 0 Å². The highest BCUT2D eigenvalue weighted by Crippen LogP contribution is 2.35. The van der Waals surface area contributed by atoms with E-state index in [4.69, 9.17) is 0 Å². The topological polar surface area (TPSA) is 0 Å². The fourth-order valence-electron chi connectivity index (χ4n) is 2.25. The van der Waals surface area contributed by atoms with Gasteiger partial charge in [-0.2, -0.15) is 0 Å². The van der Waals surface area contributed by atoms with E-state index in [0.29, 0.717) is 0 Å². The number of hydrogen-bond donors (Lipinski definition) is 0. The van der Waals surface area contributed by atoms with E-state index >= 15 is 0 Å². The van der Waals surface area contributed by atoms with E-state index in [0.717, 1.165) is 5.92 Å². The average Bonchev–Trinajstić information content (AvgIpc) is 2.75. The van der Waals surface area contributed by atoms with Gasteiger partial charge in [-0.3, -0.25) is 0 Å². The van der Waals surface area contributed by atoms with Crippen molar-refractivity contribution >= 4 is 0 Å². The van der Waals surface area contributed by atoms with Crippen LogP contribution in [-0.4, -0.2) is 0 Å². The Labute approximate surface area is 75.4 Å². The van der Waals surface area contributed by atoms with Gasteiger partial charge in [-0.1, -0.05) is 38.0 Å². The van der Waals surface area contributed by atoms with Crippen LogP contribution in [0.25, 0.3) is 0 Å². The average molecular weight is 161 g/mol. The lowest BCUT2D eigenvalue weighted by Crippen LogP contribution is -1.94. The molecule has 65 valence electrons. The Hall–Kier alpha value is -0.520. The van der Waals surface area contributed by atoms with Crippen molar-refractivity contribution in [3.8, 4) is 0 Å². The predicted octanol–water partition coefficient (Wildman–Crippen LogP) is 3.66. The SMILES string of the molecule is CC[C]1C=CC(C2CCCC2)=C1. The molecule has 2 aliphatic carbocycles. The molecule has 2 rings (SSSR count). The molecule has 0 aromatic carbocycles. The van der Waals surface area contributed by atoms with Crippen molar-refractivity contribution in [1.82, 2.24) is 0 Å². The Morgan fingerprint density at radius 1 is 1.25 bits per heavy atom. The van der Waals surface area contributed by atoms with Gasteiger partial charge in [-0.15, -0.1) is 0 Å². The third kappa shape index (κ3) is 1.48. The van der Waals surface area contributed by atoms with Gasteiger partial charge >= 0.3 is 0 Å². The first kappa shape index (κ1) is 8.10. The number of rotatable bonds is 2. The molecule has 0 amide bonds. The third-order valence-corrected chi connectivity index (χ3v) is 3.08. The van der Waals surface area contributed by atoms with Gasteiger partial charge in [0.1, 0.15) is 0 Å². The van der Waals surface area contributed by atoms with E-state index in [-0.39, 0.29) is 0 Å². The molecule has 0 aromatic rings. The number of hydrogen-bond acceptors (Lipinski definition) is 0. The van der Waals surface area contributed by atoms with E-state index in [1.807, 2.05) is 0 Å². The van der Waals surface area contributed by atoms with E-state index in [1.54, 1.807) is 5.57 Å². The van der Waals surface area contributed by atoms with Crippen molar-refractivity contribution in [2.24, 2.45) is 5.92 Å². The minimum atomic E-state index is 0.894. The van der Waals surface area contributed by atoms with Gasteiger partial charge in [0.2, 0.25) is 0 Å². The Bertz CT molecular complexity index is 204. The lowest BCUT2D eigenvalue weighted by molar-refractivity contribution is 0.658. The van der Waals surface area contributed by atoms with Crippen molar-refractivity contribution in [3.63, 3.8) is 0 Å². The lowest BCUT2D eigenvalue weighted by atomic mass is 9.98. The zero-order valence-electron chi connectivity index (χ0n) is 7.84. The summed E-state index contributed by atoms with van der Waals surface area (Å²) < 4.78 is 0. The van der Waals surface area contributed by atoms with E-state index < -0.39 is 0 Å². The minimum absolute atomic E-state index is 0.894. The van der Waals surface area contributed by atoms with Gasteiger partial charge in [-0.05, 0) is 30.8 Å². The van der Waals surface area contributed by atoms with Gasteiger partial charge in [0.05, 0.1) is 0 Å². The molecule has 0 nitrogen and oxygen atoms in total. The van der Waals surface area contributed by atoms with Crippen molar-refractivity contribution < 1.29 is 0 Å². The van der Waals surface area contributed by atoms with Crippen molar-refractivity contribution in [1.29, 1.82) is 0 Å². The van der Waals surface area contributed by atoms with Gasteiger partial charge < -0.3 is 0 Å². The second kappa shape index (κ2) is 3.47. The Kier molecular flexibility index (Phi) is 2.34. The molecule has 0 N–H and O–H groups in total. The fraction of sp³-hybridized carbons (Fsp3) is 0.583. The number of allylic oxidation sites excluding steroid dienone is 4. The van der Waals surface area contributed by atoms with Crippen LogP contribution >= 0.6 is 0 Å². The van der Waals surface area contributed by atoms with Gasteiger partial charge in [-0.25, -0.2) is 0 Å². The predicted molar refractivity (Wildman–Crippen MR) is 52.7 cm³/mol. The van der Waals surface area contributed by atoms with Crippen LogP contribution in [0.5, 0.6) is 0 Å². The second-order valence-corrected chi connectivity index (χ2v) is 3.89. The quantitative estimate of drug-likeness (QED) is 0.580. The summed E-state index contributed by atoms with van der Waals surface area (Å²) in [7, 11) is 0. The maximum atomic E-state index is 2.40. The highest BCUT2D eigenvalue weighted by Gasteiger charge is 2.20. The molecule has 0 spiro atoms. The largest absolute Gasteiger partial charge is 0.0731 e. The third-order valence-electron chi connectivity index (χ3n) is 3.08. The maximum absolute atomic E-state index is 2.40.